The molecule has 144 valence electrons. The summed E-state index contributed by atoms with van der Waals surface area (Å²) in [6, 6.07) is 5.34. The highest BCUT2D eigenvalue weighted by atomic mass is 32.2. The van der Waals surface area contributed by atoms with E-state index in [1.165, 1.54) is 23.1 Å². The van der Waals surface area contributed by atoms with Crippen molar-refractivity contribution in [2.45, 2.75) is 35.5 Å². The van der Waals surface area contributed by atoms with Crippen molar-refractivity contribution in [3.63, 3.8) is 0 Å². The van der Waals surface area contributed by atoms with Crippen LogP contribution in [0.15, 0.2) is 22.5 Å². The molecule has 3 heterocycles. The third-order valence-corrected chi connectivity index (χ3v) is 6.26. The largest absolute Gasteiger partial charge is 0.454 e. The van der Waals surface area contributed by atoms with E-state index in [1.54, 1.807) is 18.2 Å². The van der Waals surface area contributed by atoms with Gasteiger partial charge in [0.15, 0.2) is 15.8 Å². The van der Waals surface area contributed by atoms with Crippen LogP contribution in [-0.2, 0) is 9.53 Å². The monoisotopic (exact) mass is 408 g/mol. The second kappa shape index (κ2) is 8.32. The van der Waals surface area contributed by atoms with Gasteiger partial charge in [0, 0.05) is 24.9 Å². The number of carbonyl (C=O) groups excluding carboxylic acids is 1. The molecule has 1 amide bonds. The molecule has 2 aliphatic rings. The first kappa shape index (κ1) is 18.3. The van der Waals surface area contributed by atoms with Crippen molar-refractivity contribution >= 4 is 39.8 Å². The molecule has 1 aromatic carbocycles. The van der Waals surface area contributed by atoms with Crippen molar-refractivity contribution in [3.8, 4) is 11.5 Å². The van der Waals surface area contributed by atoms with Gasteiger partial charge in [-0.2, -0.15) is 0 Å². The zero-order valence-corrected chi connectivity index (χ0v) is 16.4. The lowest BCUT2D eigenvalue weighted by molar-refractivity contribution is -0.115. The molecule has 0 spiro atoms. The molecule has 2 atom stereocenters. The third kappa shape index (κ3) is 4.63. The molecule has 2 unspecified atom stereocenters. The summed E-state index contributed by atoms with van der Waals surface area (Å²) in [5.74, 6) is 1.22. The minimum absolute atomic E-state index is 0.108. The van der Waals surface area contributed by atoms with Crippen LogP contribution in [-0.4, -0.2) is 47.4 Å². The van der Waals surface area contributed by atoms with E-state index >= 15 is 0 Å². The van der Waals surface area contributed by atoms with E-state index in [1.807, 2.05) is 6.92 Å². The van der Waals surface area contributed by atoms with Crippen LogP contribution in [0.2, 0.25) is 0 Å². The number of anilines is 2. The predicted octanol–water partition coefficient (Wildman–Crippen LogP) is 2.98. The van der Waals surface area contributed by atoms with Crippen molar-refractivity contribution in [1.82, 2.24) is 10.2 Å². The maximum atomic E-state index is 12.4. The van der Waals surface area contributed by atoms with Gasteiger partial charge in [-0.1, -0.05) is 23.1 Å². The van der Waals surface area contributed by atoms with Crippen LogP contribution in [0.3, 0.4) is 0 Å². The Morgan fingerprint density at radius 1 is 1.37 bits per heavy atom. The first-order chi connectivity index (χ1) is 13.2. The van der Waals surface area contributed by atoms with Crippen molar-refractivity contribution in [1.29, 1.82) is 0 Å². The maximum Gasteiger partial charge on any atom is 0.237 e. The summed E-state index contributed by atoms with van der Waals surface area (Å²) in [5, 5.41) is 14.9. The molecule has 1 saturated heterocycles. The number of thioether (sulfide) groups is 1. The highest BCUT2D eigenvalue weighted by Crippen LogP contribution is 2.35. The fraction of sp³-hybridized carbons (Fsp3) is 0.471. The smallest absolute Gasteiger partial charge is 0.237 e. The Bertz CT molecular complexity index is 810. The maximum absolute atomic E-state index is 12.4. The third-order valence-electron chi connectivity index (χ3n) is 4.20. The number of rotatable bonds is 7. The number of aromatic nitrogens is 2. The van der Waals surface area contributed by atoms with Crippen molar-refractivity contribution < 1.29 is 19.0 Å². The minimum Gasteiger partial charge on any atom is -0.454 e. The molecule has 0 radical (unpaired) electrons. The lowest BCUT2D eigenvalue weighted by Crippen LogP contribution is -2.22. The van der Waals surface area contributed by atoms with Gasteiger partial charge in [-0.15, -0.1) is 10.2 Å². The van der Waals surface area contributed by atoms with Gasteiger partial charge in [-0.05, 0) is 31.9 Å². The number of amides is 1. The molecule has 1 aromatic heterocycles. The van der Waals surface area contributed by atoms with Crippen LogP contribution in [0.25, 0.3) is 0 Å². The van der Waals surface area contributed by atoms with E-state index in [0.29, 0.717) is 17.2 Å². The van der Waals surface area contributed by atoms with Crippen LogP contribution in [0, 0.1) is 0 Å². The van der Waals surface area contributed by atoms with Gasteiger partial charge in [0.25, 0.3) is 0 Å². The molecule has 0 aliphatic carbocycles. The zero-order chi connectivity index (χ0) is 18.6. The van der Waals surface area contributed by atoms with E-state index in [-0.39, 0.29) is 24.1 Å². The van der Waals surface area contributed by atoms with Gasteiger partial charge in [0.1, 0.15) is 0 Å². The lowest BCUT2D eigenvalue weighted by Gasteiger charge is -2.10. The first-order valence-corrected chi connectivity index (χ1v) is 10.4. The fourth-order valence-electron chi connectivity index (χ4n) is 2.76. The summed E-state index contributed by atoms with van der Waals surface area (Å²) in [5.41, 5.74) is 0.674. The lowest BCUT2D eigenvalue weighted by atomic mass is 10.2. The highest BCUT2D eigenvalue weighted by Gasteiger charge is 2.20. The number of fused-ring (bicyclic) bond motifs is 1. The Labute approximate surface area is 165 Å². The second-order valence-corrected chi connectivity index (χ2v) is 8.77. The quantitative estimate of drug-likeness (QED) is 0.675. The highest BCUT2D eigenvalue weighted by molar-refractivity contribution is 8.02. The molecule has 27 heavy (non-hydrogen) atoms. The minimum atomic E-state index is -0.311. The van der Waals surface area contributed by atoms with E-state index in [0.717, 1.165) is 35.5 Å². The Hall–Kier alpha value is -2.04. The SMILES string of the molecule is CC(Sc1nnc(NCC2CCCO2)s1)C(=O)Nc1ccc2c(c1)OCO2. The molecule has 0 bridgehead atoms. The number of ether oxygens (including phenoxy) is 3. The standard InChI is InChI=1S/C17H20N4O4S2/c1-10(15(22)19-11-4-5-13-14(7-11)25-9-24-13)26-17-21-20-16(27-17)18-8-12-3-2-6-23-12/h4-5,7,10,12H,2-3,6,8-9H2,1H3,(H,18,20)(H,19,22). The summed E-state index contributed by atoms with van der Waals surface area (Å²) >= 11 is 2.82. The summed E-state index contributed by atoms with van der Waals surface area (Å²) in [4.78, 5) is 12.4. The van der Waals surface area contributed by atoms with Gasteiger partial charge in [0.05, 0.1) is 11.4 Å². The average Bonchev–Trinajstić information content (AvgIpc) is 3.41. The fourth-order valence-corrected chi connectivity index (χ4v) is 4.66. The molecule has 10 heteroatoms. The molecular weight excluding hydrogens is 388 g/mol. The van der Waals surface area contributed by atoms with Crippen LogP contribution in [0.1, 0.15) is 19.8 Å². The van der Waals surface area contributed by atoms with Crippen molar-refractivity contribution in [2.75, 3.05) is 30.6 Å². The number of carbonyl (C=O) groups is 1. The van der Waals surface area contributed by atoms with Gasteiger partial charge in [0.2, 0.25) is 17.8 Å². The van der Waals surface area contributed by atoms with E-state index in [9.17, 15) is 4.79 Å². The Kier molecular flexibility index (Phi) is 5.65. The second-order valence-electron chi connectivity index (χ2n) is 6.21. The average molecular weight is 409 g/mol. The number of hydrogen-bond acceptors (Lipinski definition) is 9. The summed E-state index contributed by atoms with van der Waals surface area (Å²) < 4.78 is 16.9. The van der Waals surface area contributed by atoms with Crippen LogP contribution in [0.4, 0.5) is 10.8 Å². The van der Waals surface area contributed by atoms with E-state index < -0.39 is 0 Å². The number of benzene rings is 1. The van der Waals surface area contributed by atoms with Crippen LogP contribution < -0.4 is 20.1 Å². The van der Waals surface area contributed by atoms with Crippen molar-refractivity contribution in [3.05, 3.63) is 18.2 Å². The normalized spacial score (nSPS) is 19.1. The van der Waals surface area contributed by atoms with Gasteiger partial charge in [-0.3, -0.25) is 4.79 Å². The Morgan fingerprint density at radius 2 is 2.26 bits per heavy atom. The molecule has 2 aliphatic heterocycles. The Balaban J connectivity index is 1.28. The molecule has 0 saturated carbocycles. The molecule has 4 rings (SSSR count). The van der Waals surface area contributed by atoms with Gasteiger partial charge < -0.3 is 24.8 Å². The van der Waals surface area contributed by atoms with Crippen LogP contribution in [0.5, 0.6) is 11.5 Å². The van der Waals surface area contributed by atoms with E-state index in [4.69, 9.17) is 14.2 Å². The number of nitrogens with one attached hydrogen (secondary N) is 2. The molecule has 1 fully saturated rings. The zero-order valence-electron chi connectivity index (χ0n) is 14.8. The van der Waals surface area contributed by atoms with Crippen LogP contribution >= 0.6 is 23.1 Å². The summed E-state index contributed by atoms with van der Waals surface area (Å²) in [6.45, 7) is 3.62. The van der Waals surface area contributed by atoms with Gasteiger partial charge >= 0.3 is 0 Å². The Morgan fingerprint density at radius 3 is 3.11 bits per heavy atom. The molecule has 8 nitrogen and oxygen atoms in total. The first-order valence-electron chi connectivity index (χ1n) is 8.73. The van der Waals surface area contributed by atoms with E-state index in [2.05, 4.69) is 20.8 Å². The number of hydrogen-bond donors (Lipinski definition) is 2. The van der Waals surface area contributed by atoms with Crippen molar-refractivity contribution in [2.24, 2.45) is 0 Å². The number of nitrogens with zero attached hydrogens (tertiary/aromatic N) is 2. The summed E-state index contributed by atoms with van der Waals surface area (Å²) in [7, 11) is 0. The summed E-state index contributed by atoms with van der Waals surface area (Å²) in [6.07, 6.45) is 2.43. The topological polar surface area (TPSA) is 94.6 Å². The predicted molar refractivity (Wildman–Crippen MR) is 104 cm³/mol. The molecule has 2 aromatic rings. The molecule has 2 N–H and O–H groups in total. The van der Waals surface area contributed by atoms with Gasteiger partial charge in [-0.25, -0.2) is 0 Å². The molecular formula is C17H20N4O4S2.